The third-order valence-electron chi connectivity index (χ3n) is 3.13. The maximum atomic E-state index is 5.57. The molecule has 0 saturated carbocycles. The van der Waals surface area contributed by atoms with E-state index in [4.69, 9.17) is 9.15 Å². The van der Waals surface area contributed by atoms with Crippen LogP contribution >= 0.6 is 0 Å². The van der Waals surface area contributed by atoms with E-state index in [1.54, 1.807) is 6.26 Å². The number of furan rings is 1. The van der Waals surface area contributed by atoms with Crippen molar-refractivity contribution in [1.82, 2.24) is 10.6 Å². The first kappa shape index (κ1) is 14.7. The van der Waals surface area contributed by atoms with E-state index < -0.39 is 0 Å². The van der Waals surface area contributed by atoms with Gasteiger partial charge in [-0.25, -0.2) is 0 Å². The fraction of sp³-hybridized carbons (Fsp3) is 0.533. The topological polar surface area (TPSA) is 58.8 Å². The first-order valence-corrected chi connectivity index (χ1v) is 7.15. The highest BCUT2D eigenvalue weighted by Crippen LogP contribution is 2.11. The zero-order valence-electron chi connectivity index (χ0n) is 11.8. The maximum Gasteiger partial charge on any atom is 0.191 e. The molecule has 0 spiro atoms. The second kappa shape index (κ2) is 8.43. The van der Waals surface area contributed by atoms with E-state index in [-0.39, 0.29) is 6.10 Å². The number of nitrogens with zero attached hydrogens (tertiary/aromatic N) is 1. The number of nitrogens with one attached hydrogen (secondary N) is 2. The van der Waals surface area contributed by atoms with Crippen LogP contribution in [0.2, 0.25) is 0 Å². The van der Waals surface area contributed by atoms with Gasteiger partial charge in [-0.2, -0.15) is 0 Å². The Balaban J connectivity index is 1.75. The van der Waals surface area contributed by atoms with Crippen molar-refractivity contribution in [3.63, 3.8) is 0 Å². The third-order valence-corrected chi connectivity index (χ3v) is 3.13. The Morgan fingerprint density at radius 1 is 1.50 bits per heavy atom. The molecule has 0 amide bonds. The Morgan fingerprint density at radius 3 is 3.15 bits per heavy atom. The molecule has 0 aromatic carbocycles. The SMILES string of the molecule is C=CCNC(=NCC1CCCO1)NCCc1ccco1. The number of guanidine groups is 1. The predicted octanol–water partition coefficient (Wildman–Crippen LogP) is 1.72. The quantitative estimate of drug-likeness (QED) is 0.453. The summed E-state index contributed by atoms with van der Waals surface area (Å²) in [6.07, 6.45) is 6.85. The van der Waals surface area contributed by atoms with E-state index >= 15 is 0 Å². The highest BCUT2D eigenvalue weighted by atomic mass is 16.5. The van der Waals surface area contributed by atoms with E-state index in [2.05, 4.69) is 22.2 Å². The average molecular weight is 277 g/mol. The van der Waals surface area contributed by atoms with Gasteiger partial charge in [0.2, 0.25) is 0 Å². The van der Waals surface area contributed by atoms with Crippen molar-refractivity contribution in [2.45, 2.75) is 25.4 Å². The zero-order valence-corrected chi connectivity index (χ0v) is 11.8. The van der Waals surface area contributed by atoms with Crippen LogP contribution in [0.4, 0.5) is 0 Å². The number of hydrogen-bond donors (Lipinski definition) is 2. The van der Waals surface area contributed by atoms with Crippen molar-refractivity contribution in [2.24, 2.45) is 4.99 Å². The van der Waals surface area contributed by atoms with Crippen molar-refractivity contribution < 1.29 is 9.15 Å². The monoisotopic (exact) mass is 277 g/mol. The summed E-state index contributed by atoms with van der Waals surface area (Å²) in [5.41, 5.74) is 0. The molecule has 1 aliphatic rings. The van der Waals surface area contributed by atoms with Crippen molar-refractivity contribution in [1.29, 1.82) is 0 Å². The minimum Gasteiger partial charge on any atom is -0.469 e. The Bertz CT molecular complexity index is 409. The van der Waals surface area contributed by atoms with Crippen LogP contribution in [-0.4, -0.2) is 38.3 Å². The molecule has 1 saturated heterocycles. The lowest BCUT2D eigenvalue weighted by Gasteiger charge is -2.12. The molecule has 2 heterocycles. The van der Waals surface area contributed by atoms with Gasteiger partial charge in [0.1, 0.15) is 5.76 Å². The molecule has 5 heteroatoms. The molecule has 1 unspecified atom stereocenters. The molecule has 1 aliphatic heterocycles. The molecule has 1 atom stereocenters. The van der Waals surface area contributed by atoms with Crippen LogP contribution in [0.15, 0.2) is 40.5 Å². The van der Waals surface area contributed by atoms with Gasteiger partial charge in [0.15, 0.2) is 5.96 Å². The van der Waals surface area contributed by atoms with E-state index in [0.717, 1.165) is 44.1 Å². The fourth-order valence-electron chi connectivity index (χ4n) is 2.08. The van der Waals surface area contributed by atoms with Gasteiger partial charge in [-0.05, 0) is 25.0 Å². The van der Waals surface area contributed by atoms with Gasteiger partial charge in [-0.3, -0.25) is 4.99 Å². The van der Waals surface area contributed by atoms with Gasteiger partial charge in [-0.1, -0.05) is 6.08 Å². The summed E-state index contributed by atoms with van der Waals surface area (Å²) in [4.78, 5) is 4.55. The molecule has 1 fully saturated rings. The van der Waals surface area contributed by atoms with E-state index in [9.17, 15) is 0 Å². The van der Waals surface area contributed by atoms with Gasteiger partial charge in [0.25, 0.3) is 0 Å². The summed E-state index contributed by atoms with van der Waals surface area (Å²) in [6.45, 7) is 6.74. The van der Waals surface area contributed by atoms with Gasteiger partial charge >= 0.3 is 0 Å². The smallest absolute Gasteiger partial charge is 0.191 e. The summed E-state index contributed by atoms with van der Waals surface area (Å²) in [5, 5.41) is 6.50. The van der Waals surface area contributed by atoms with Crippen LogP contribution in [0.3, 0.4) is 0 Å². The van der Waals surface area contributed by atoms with Crippen LogP contribution in [0.25, 0.3) is 0 Å². The average Bonchev–Trinajstić information content (AvgIpc) is 3.14. The van der Waals surface area contributed by atoms with Gasteiger partial charge in [0, 0.05) is 26.1 Å². The molecule has 0 bridgehead atoms. The van der Waals surface area contributed by atoms with Gasteiger partial charge in [0.05, 0.1) is 18.9 Å². The molecule has 2 rings (SSSR count). The minimum absolute atomic E-state index is 0.266. The molecule has 1 aromatic rings. The minimum atomic E-state index is 0.266. The number of ether oxygens (including phenoxy) is 1. The summed E-state index contributed by atoms with van der Waals surface area (Å²) < 4.78 is 10.9. The van der Waals surface area contributed by atoms with E-state index in [1.165, 1.54) is 0 Å². The van der Waals surface area contributed by atoms with Crippen molar-refractivity contribution in [3.05, 3.63) is 36.8 Å². The van der Waals surface area contributed by atoms with Crippen LogP contribution in [0, 0.1) is 0 Å². The highest BCUT2D eigenvalue weighted by molar-refractivity contribution is 5.79. The van der Waals surface area contributed by atoms with Crippen LogP contribution < -0.4 is 10.6 Å². The number of aliphatic imine (C=N–C) groups is 1. The normalized spacial score (nSPS) is 19.0. The molecule has 2 N–H and O–H groups in total. The van der Waals surface area contributed by atoms with E-state index in [0.29, 0.717) is 13.1 Å². The highest BCUT2D eigenvalue weighted by Gasteiger charge is 2.14. The van der Waals surface area contributed by atoms with Gasteiger partial charge < -0.3 is 19.8 Å². The Morgan fingerprint density at radius 2 is 2.45 bits per heavy atom. The van der Waals surface area contributed by atoms with E-state index in [1.807, 2.05) is 18.2 Å². The predicted molar refractivity (Wildman–Crippen MR) is 79.9 cm³/mol. The third kappa shape index (κ3) is 5.09. The molecular weight excluding hydrogens is 254 g/mol. The molecular formula is C15H23N3O2. The zero-order chi connectivity index (χ0) is 14.0. The summed E-state index contributed by atoms with van der Waals surface area (Å²) in [5.74, 6) is 1.77. The molecule has 110 valence electrons. The largest absolute Gasteiger partial charge is 0.469 e. The first-order chi connectivity index (χ1) is 9.88. The fourth-order valence-corrected chi connectivity index (χ4v) is 2.08. The van der Waals surface area contributed by atoms with Crippen molar-refractivity contribution in [3.8, 4) is 0 Å². The summed E-state index contributed by atoms with van der Waals surface area (Å²) in [6, 6.07) is 3.87. The van der Waals surface area contributed by atoms with Crippen LogP contribution in [0.1, 0.15) is 18.6 Å². The Hall–Kier alpha value is -1.75. The summed E-state index contributed by atoms with van der Waals surface area (Å²) >= 11 is 0. The standard InChI is InChI=1S/C15H23N3O2/c1-2-8-16-15(18-12-14-6-4-11-20-14)17-9-7-13-5-3-10-19-13/h2-3,5,10,14H,1,4,6-9,11-12H2,(H2,16,17,18). The molecule has 0 radical (unpaired) electrons. The number of hydrogen-bond acceptors (Lipinski definition) is 3. The Labute approximate surface area is 120 Å². The molecule has 1 aromatic heterocycles. The van der Waals surface area contributed by atoms with Gasteiger partial charge in [-0.15, -0.1) is 6.58 Å². The molecule has 20 heavy (non-hydrogen) atoms. The summed E-state index contributed by atoms with van der Waals surface area (Å²) in [7, 11) is 0. The maximum absolute atomic E-state index is 5.57. The second-order valence-corrected chi connectivity index (χ2v) is 4.75. The van der Waals surface area contributed by atoms with Crippen LogP contribution in [0.5, 0.6) is 0 Å². The lowest BCUT2D eigenvalue weighted by molar-refractivity contribution is 0.117. The van der Waals surface area contributed by atoms with Crippen molar-refractivity contribution in [2.75, 3.05) is 26.2 Å². The molecule has 5 nitrogen and oxygen atoms in total. The molecule has 0 aliphatic carbocycles. The second-order valence-electron chi connectivity index (χ2n) is 4.75. The Kier molecular flexibility index (Phi) is 6.17. The number of rotatable bonds is 7. The first-order valence-electron chi connectivity index (χ1n) is 7.15. The lowest BCUT2D eigenvalue weighted by atomic mass is 10.2. The van der Waals surface area contributed by atoms with Crippen molar-refractivity contribution >= 4 is 5.96 Å². The van der Waals surface area contributed by atoms with Crippen LogP contribution in [-0.2, 0) is 11.2 Å². The lowest BCUT2D eigenvalue weighted by Crippen LogP contribution is -2.39.